The molecule has 1 N–H and O–H groups in total. The van der Waals surface area contributed by atoms with Gasteiger partial charge in [0.1, 0.15) is 5.69 Å². The van der Waals surface area contributed by atoms with Crippen molar-refractivity contribution in [2.75, 3.05) is 19.6 Å². The zero-order valence-electron chi connectivity index (χ0n) is 17.8. The molecule has 0 aromatic carbocycles. The second-order valence-electron chi connectivity index (χ2n) is 8.44. The van der Waals surface area contributed by atoms with Crippen molar-refractivity contribution in [3.05, 3.63) is 36.6 Å². The summed E-state index contributed by atoms with van der Waals surface area (Å²) < 4.78 is 5.85. The zero-order valence-corrected chi connectivity index (χ0v) is 17.8. The van der Waals surface area contributed by atoms with Gasteiger partial charge in [0.15, 0.2) is 0 Å². The molecule has 2 aromatic heterocycles. The highest BCUT2D eigenvalue weighted by molar-refractivity contribution is 5.89. The third-order valence-electron chi connectivity index (χ3n) is 6.14. The van der Waals surface area contributed by atoms with E-state index in [1.54, 1.807) is 23.4 Å². The minimum absolute atomic E-state index is 0.0242. The van der Waals surface area contributed by atoms with Crippen LogP contribution < -0.4 is 5.32 Å². The Morgan fingerprint density at radius 2 is 2.06 bits per heavy atom. The number of carbonyl (C=O) groups is 2. The Balaban J connectivity index is 1.23. The summed E-state index contributed by atoms with van der Waals surface area (Å²) in [4.78, 5) is 34.6. The van der Waals surface area contributed by atoms with Crippen molar-refractivity contribution in [3.63, 3.8) is 0 Å². The van der Waals surface area contributed by atoms with E-state index in [4.69, 9.17) is 4.42 Å². The average molecular weight is 425 g/mol. The molecule has 1 unspecified atom stereocenters. The number of aryl methyl sites for hydroxylation is 1. The first-order chi connectivity index (χ1) is 15.0. The SMILES string of the molecule is C=CCN1CC(C(=O)NCC2CCC(c3nnc(-c4cnc(C)cn4)o3)CC2)CC1=O. The van der Waals surface area contributed by atoms with Crippen LogP contribution in [0.1, 0.15) is 49.6 Å². The van der Waals surface area contributed by atoms with Gasteiger partial charge in [-0.2, -0.15) is 0 Å². The van der Waals surface area contributed by atoms with Crippen LogP contribution in [0.3, 0.4) is 0 Å². The van der Waals surface area contributed by atoms with Crippen molar-refractivity contribution in [2.45, 2.75) is 44.9 Å². The van der Waals surface area contributed by atoms with E-state index in [2.05, 4.69) is 32.1 Å². The van der Waals surface area contributed by atoms with Gasteiger partial charge in [0.2, 0.25) is 17.7 Å². The normalized spacial score (nSPS) is 23.7. The Kier molecular flexibility index (Phi) is 6.39. The molecule has 1 aliphatic heterocycles. The number of likely N-dealkylation sites (tertiary alicyclic amines) is 1. The van der Waals surface area contributed by atoms with Gasteiger partial charge in [-0.3, -0.25) is 14.6 Å². The van der Waals surface area contributed by atoms with Gasteiger partial charge in [-0.05, 0) is 38.5 Å². The lowest BCUT2D eigenvalue weighted by molar-refractivity contribution is -0.128. The first kappa shape index (κ1) is 21.1. The molecule has 1 atom stereocenters. The number of carbonyl (C=O) groups excluding carboxylic acids is 2. The third-order valence-corrected chi connectivity index (χ3v) is 6.14. The molecule has 1 saturated carbocycles. The van der Waals surface area contributed by atoms with Gasteiger partial charge in [0, 0.05) is 38.2 Å². The molecule has 0 bridgehead atoms. The topological polar surface area (TPSA) is 114 Å². The standard InChI is InChI=1S/C22H28N6O3/c1-3-8-28-13-17(9-19(28)29)20(30)25-11-15-4-6-16(7-5-15)21-26-27-22(31-21)18-12-23-14(2)10-24-18/h3,10,12,15-17H,1,4-9,11,13H2,2H3,(H,25,30). The van der Waals surface area contributed by atoms with E-state index in [0.717, 1.165) is 31.4 Å². The number of hydrogen-bond acceptors (Lipinski definition) is 7. The summed E-state index contributed by atoms with van der Waals surface area (Å²) in [5.74, 6) is 1.43. The summed E-state index contributed by atoms with van der Waals surface area (Å²) in [7, 11) is 0. The molecule has 2 amide bonds. The Morgan fingerprint density at radius 1 is 1.26 bits per heavy atom. The van der Waals surface area contributed by atoms with Crippen LogP contribution in [0, 0.1) is 18.8 Å². The highest BCUT2D eigenvalue weighted by Gasteiger charge is 2.34. The summed E-state index contributed by atoms with van der Waals surface area (Å²) in [6.07, 6.45) is 9.15. The van der Waals surface area contributed by atoms with Crippen LogP contribution in [-0.4, -0.2) is 56.5 Å². The van der Waals surface area contributed by atoms with Crippen LogP contribution in [0.5, 0.6) is 0 Å². The molecule has 164 valence electrons. The fraction of sp³-hybridized carbons (Fsp3) is 0.545. The van der Waals surface area contributed by atoms with Crippen molar-refractivity contribution >= 4 is 11.8 Å². The van der Waals surface area contributed by atoms with Gasteiger partial charge in [-0.1, -0.05) is 6.08 Å². The van der Waals surface area contributed by atoms with Crippen LogP contribution in [-0.2, 0) is 9.59 Å². The van der Waals surface area contributed by atoms with Gasteiger partial charge in [0.25, 0.3) is 5.89 Å². The fourth-order valence-electron chi connectivity index (χ4n) is 4.29. The largest absolute Gasteiger partial charge is 0.419 e. The van der Waals surface area contributed by atoms with Crippen molar-refractivity contribution < 1.29 is 14.0 Å². The average Bonchev–Trinajstić information content (AvgIpc) is 3.41. The molecule has 9 nitrogen and oxygen atoms in total. The number of rotatable bonds is 7. The first-order valence-corrected chi connectivity index (χ1v) is 10.8. The second-order valence-corrected chi connectivity index (χ2v) is 8.44. The second kappa shape index (κ2) is 9.36. The molecule has 31 heavy (non-hydrogen) atoms. The van der Waals surface area contributed by atoms with Crippen molar-refractivity contribution in [3.8, 4) is 11.6 Å². The zero-order chi connectivity index (χ0) is 21.8. The van der Waals surface area contributed by atoms with E-state index < -0.39 is 0 Å². The molecular weight excluding hydrogens is 396 g/mol. The predicted octanol–water partition coefficient (Wildman–Crippen LogP) is 2.26. The molecule has 9 heteroatoms. The summed E-state index contributed by atoms with van der Waals surface area (Å²) in [5, 5.41) is 11.4. The molecular formula is C22H28N6O3. The molecule has 4 rings (SSSR count). The van der Waals surface area contributed by atoms with Crippen LogP contribution in [0.25, 0.3) is 11.6 Å². The van der Waals surface area contributed by atoms with Crippen LogP contribution >= 0.6 is 0 Å². The van der Waals surface area contributed by atoms with E-state index in [-0.39, 0.29) is 30.1 Å². The Labute approximate surface area is 181 Å². The maximum Gasteiger partial charge on any atom is 0.267 e. The summed E-state index contributed by atoms with van der Waals surface area (Å²) in [5.41, 5.74) is 1.42. The Hall–Kier alpha value is -3.10. The summed E-state index contributed by atoms with van der Waals surface area (Å²) >= 11 is 0. The first-order valence-electron chi connectivity index (χ1n) is 10.8. The number of hydrogen-bond donors (Lipinski definition) is 1. The number of aromatic nitrogens is 4. The maximum atomic E-state index is 12.5. The summed E-state index contributed by atoms with van der Waals surface area (Å²) in [6.45, 7) is 7.16. The fourth-order valence-corrected chi connectivity index (χ4v) is 4.29. The van der Waals surface area contributed by atoms with E-state index in [0.29, 0.717) is 43.0 Å². The minimum Gasteiger partial charge on any atom is -0.419 e. The molecule has 0 spiro atoms. The van der Waals surface area contributed by atoms with Gasteiger partial charge in [-0.25, -0.2) is 4.98 Å². The van der Waals surface area contributed by atoms with Crippen molar-refractivity contribution in [2.24, 2.45) is 11.8 Å². The predicted molar refractivity (Wildman–Crippen MR) is 113 cm³/mol. The molecule has 3 heterocycles. The molecule has 2 aliphatic rings. The lowest BCUT2D eigenvalue weighted by Crippen LogP contribution is -2.36. The Morgan fingerprint density at radius 3 is 2.77 bits per heavy atom. The van der Waals surface area contributed by atoms with E-state index in [1.807, 2.05) is 6.92 Å². The Bertz CT molecular complexity index is 933. The molecule has 1 saturated heterocycles. The van der Waals surface area contributed by atoms with Gasteiger partial charge < -0.3 is 14.6 Å². The van der Waals surface area contributed by atoms with E-state index in [1.165, 1.54) is 0 Å². The van der Waals surface area contributed by atoms with Gasteiger partial charge in [-0.15, -0.1) is 16.8 Å². The lowest BCUT2D eigenvalue weighted by atomic mass is 9.82. The number of amides is 2. The molecule has 0 radical (unpaired) electrons. The van der Waals surface area contributed by atoms with Crippen molar-refractivity contribution in [1.29, 1.82) is 0 Å². The number of nitrogens with one attached hydrogen (secondary N) is 1. The smallest absolute Gasteiger partial charge is 0.267 e. The quantitative estimate of drug-likeness (QED) is 0.678. The number of nitrogens with zero attached hydrogens (tertiary/aromatic N) is 5. The highest BCUT2D eigenvalue weighted by Crippen LogP contribution is 2.35. The highest BCUT2D eigenvalue weighted by atomic mass is 16.4. The maximum absolute atomic E-state index is 12.5. The molecule has 1 aliphatic carbocycles. The van der Waals surface area contributed by atoms with E-state index >= 15 is 0 Å². The minimum atomic E-state index is -0.259. The lowest BCUT2D eigenvalue weighted by Gasteiger charge is -2.27. The van der Waals surface area contributed by atoms with Gasteiger partial charge in [0.05, 0.1) is 17.8 Å². The third kappa shape index (κ3) is 4.98. The summed E-state index contributed by atoms with van der Waals surface area (Å²) in [6, 6.07) is 0. The molecule has 2 fully saturated rings. The van der Waals surface area contributed by atoms with Crippen LogP contribution in [0.15, 0.2) is 29.5 Å². The van der Waals surface area contributed by atoms with Crippen LogP contribution in [0.4, 0.5) is 0 Å². The monoisotopic (exact) mass is 424 g/mol. The van der Waals surface area contributed by atoms with Crippen molar-refractivity contribution in [1.82, 2.24) is 30.4 Å². The van der Waals surface area contributed by atoms with Crippen LogP contribution in [0.2, 0.25) is 0 Å². The molecule has 2 aromatic rings. The van der Waals surface area contributed by atoms with Gasteiger partial charge >= 0.3 is 0 Å². The van der Waals surface area contributed by atoms with E-state index in [9.17, 15) is 9.59 Å².